The van der Waals surface area contributed by atoms with Crippen molar-refractivity contribution >= 4 is 29.9 Å². The van der Waals surface area contributed by atoms with Gasteiger partial charge in [-0.05, 0) is 44.7 Å². The molecule has 0 amide bonds. The summed E-state index contributed by atoms with van der Waals surface area (Å²) in [6.07, 6.45) is 3.18. The topological polar surface area (TPSA) is 39.7 Å². The summed E-state index contributed by atoms with van der Waals surface area (Å²) in [5.74, 6) is 1.01. The molecular weight excluding hydrogens is 454 g/mol. The Hall–Kier alpha value is -1.15. The molecule has 6 heteroatoms. The van der Waals surface area contributed by atoms with E-state index in [1.54, 1.807) is 12.1 Å². The zero-order valence-electron chi connectivity index (χ0n) is 16.4. The number of aliphatic imine (C=N–C) groups is 1. The standard InChI is InChI=1S/C21H31FN4.HI/c1-4-23-21(24-16-9-11-26(12-10-16)14-15(2)3)25-20-13-18(20)17-7-5-6-8-19(17)22;/h5-8,16,18,20H,2,4,9-14H2,1,3H3,(H2,23,24,25);1H. The van der Waals surface area contributed by atoms with Crippen LogP contribution in [0, 0.1) is 5.82 Å². The summed E-state index contributed by atoms with van der Waals surface area (Å²) in [5.41, 5.74) is 2.04. The summed E-state index contributed by atoms with van der Waals surface area (Å²) in [4.78, 5) is 7.05. The number of benzene rings is 1. The second-order valence-corrected chi connectivity index (χ2v) is 7.59. The fraction of sp³-hybridized carbons (Fsp3) is 0.571. The van der Waals surface area contributed by atoms with Crippen molar-refractivity contribution in [1.29, 1.82) is 0 Å². The van der Waals surface area contributed by atoms with Crippen LogP contribution in [0.5, 0.6) is 0 Å². The Morgan fingerprint density at radius 1 is 1.26 bits per heavy atom. The number of hydrogen-bond acceptors (Lipinski definition) is 2. The average molecular weight is 486 g/mol. The first-order valence-corrected chi connectivity index (χ1v) is 9.75. The van der Waals surface area contributed by atoms with Crippen molar-refractivity contribution in [1.82, 2.24) is 15.5 Å². The third kappa shape index (κ3) is 6.45. The van der Waals surface area contributed by atoms with E-state index in [4.69, 9.17) is 0 Å². The van der Waals surface area contributed by atoms with Gasteiger partial charge in [-0.3, -0.25) is 9.89 Å². The molecule has 27 heavy (non-hydrogen) atoms. The summed E-state index contributed by atoms with van der Waals surface area (Å²) < 4.78 is 14.0. The smallest absolute Gasteiger partial charge is 0.191 e. The molecule has 150 valence electrons. The van der Waals surface area contributed by atoms with Gasteiger partial charge in [0.15, 0.2) is 5.96 Å². The van der Waals surface area contributed by atoms with Crippen LogP contribution in [-0.2, 0) is 0 Å². The number of nitrogens with zero attached hydrogens (tertiary/aromatic N) is 2. The maximum absolute atomic E-state index is 14.0. The van der Waals surface area contributed by atoms with Gasteiger partial charge in [0.05, 0.1) is 0 Å². The van der Waals surface area contributed by atoms with Gasteiger partial charge >= 0.3 is 0 Å². The first kappa shape index (κ1) is 22.1. The van der Waals surface area contributed by atoms with Crippen molar-refractivity contribution in [2.45, 2.75) is 51.1 Å². The Labute approximate surface area is 179 Å². The lowest BCUT2D eigenvalue weighted by Crippen LogP contribution is -2.49. The molecule has 1 aromatic carbocycles. The van der Waals surface area contributed by atoms with Crippen molar-refractivity contribution in [2.75, 3.05) is 26.2 Å². The number of halogens is 2. The van der Waals surface area contributed by atoms with Crippen LogP contribution in [-0.4, -0.2) is 49.1 Å². The van der Waals surface area contributed by atoms with E-state index in [1.807, 2.05) is 19.1 Å². The van der Waals surface area contributed by atoms with Crippen molar-refractivity contribution < 1.29 is 4.39 Å². The summed E-state index contributed by atoms with van der Waals surface area (Å²) >= 11 is 0. The molecule has 2 aliphatic rings. The first-order chi connectivity index (χ1) is 12.6. The number of rotatable bonds is 6. The Kier molecular flexibility index (Phi) is 8.54. The molecule has 1 saturated carbocycles. The minimum absolute atomic E-state index is 0. The number of piperidine rings is 1. The van der Waals surface area contributed by atoms with Gasteiger partial charge in [-0.25, -0.2) is 4.39 Å². The molecule has 2 fully saturated rings. The molecule has 2 N–H and O–H groups in total. The molecular formula is C21H32FIN4. The predicted molar refractivity (Wildman–Crippen MR) is 121 cm³/mol. The second-order valence-electron chi connectivity index (χ2n) is 7.59. The van der Waals surface area contributed by atoms with Crippen molar-refractivity contribution in [3.8, 4) is 0 Å². The number of guanidine groups is 1. The van der Waals surface area contributed by atoms with Crippen molar-refractivity contribution in [2.24, 2.45) is 4.99 Å². The Balaban J connectivity index is 0.00000261. The van der Waals surface area contributed by atoms with E-state index in [1.165, 1.54) is 5.57 Å². The molecule has 0 aromatic heterocycles. The number of hydrogen-bond donors (Lipinski definition) is 2. The highest BCUT2D eigenvalue weighted by atomic mass is 127. The highest BCUT2D eigenvalue weighted by molar-refractivity contribution is 14.0. The van der Waals surface area contributed by atoms with E-state index in [0.717, 1.165) is 57.0 Å². The monoisotopic (exact) mass is 486 g/mol. The largest absolute Gasteiger partial charge is 0.354 e. The van der Waals surface area contributed by atoms with Gasteiger partial charge in [0, 0.05) is 44.2 Å². The quantitative estimate of drug-likeness (QED) is 0.278. The highest BCUT2D eigenvalue weighted by Crippen LogP contribution is 2.41. The van der Waals surface area contributed by atoms with E-state index in [0.29, 0.717) is 6.04 Å². The molecule has 1 saturated heterocycles. The SMILES string of the molecule is C=C(C)CN1CCC(NC(=NCC)NC2CC2c2ccccc2F)CC1.I. The maximum atomic E-state index is 14.0. The van der Waals surface area contributed by atoms with E-state index >= 15 is 0 Å². The summed E-state index contributed by atoms with van der Waals surface area (Å²) in [5, 5.41) is 7.09. The van der Waals surface area contributed by atoms with Crippen LogP contribution < -0.4 is 10.6 Å². The molecule has 0 bridgehead atoms. The molecule has 0 radical (unpaired) electrons. The van der Waals surface area contributed by atoms with Crippen LogP contribution in [0.25, 0.3) is 0 Å². The van der Waals surface area contributed by atoms with E-state index < -0.39 is 0 Å². The zero-order valence-corrected chi connectivity index (χ0v) is 18.7. The van der Waals surface area contributed by atoms with Crippen LogP contribution in [0.4, 0.5) is 4.39 Å². The third-order valence-corrected chi connectivity index (χ3v) is 5.16. The average Bonchev–Trinajstić information content (AvgIpc) is 3.35. The second kappa shape index (κ2) is 10.4. The van der Waals surface area contributed by atoms with Crippen LogP contribution in [0.3, 0.4) is 0 Å². The molecule has 2 unspecified atom stereocenters. The molecule has 1 aliphatic heterocycles. The summed E-state index contributed by atoms with van der Waals surface area (Å²) in [6, 6.07) is 7.81. The number of nitrogens with one attached hydrogen (secondary N) is 2. The van der Waals surface area contributed by atoms with Gasteiger partial charge in [-0.2, -0.15) is 0 Å². The minimum atomic E-state index is -0.103. The van der Waals surface area contributed by atoms with E-state index in [9.17, 15) is 4.39 Å². The van der Waals surface area contributed by atoms with E-state index in [-0.39, 0.29) is 41.8 Å². The molecule has 3 rings (SSSR count). The molecule has 1 aromatic rings. The maximum Gasteiger partial charge on any atom is 0.191 e. The Bertz CT molecular complexity index is 655. The van der Waals surface area contributed by atoms with Crippen LogP contribution in [0.1, 0.15) is 44.6 Å². The van der Waals surface area contributed by atoms with Gasteiger partial charge in [0.1, 0.15) is 5.82 Å². The lowest BCUT2D eigenvalue weighted by molar-refractivity contribution is 0.221. The fourth-order valence-electron chi connectivity index (χ4n) is 3.75. The molecule has 2 atom stereocenters. The Morgan fingerprint density at radius 3 is 2.59 bits per heavy atom. The highest BCUT2D eigenvalue weighted by Gasteiger charge is 2.40. The predicted octanol–water partition coefficient (Wildman–Crippen LogP) is 3.90. The van der Waals surface area contributed by atoms with Crippen LogP contribution in [0.15, 0.2) is 41.4 Å². The van der Waals surface area contributed by atoms with Crippen LogP contribution >= 0.6 is 24.0 Å². The van der Waals surface area contributed by atoms with Gasteiger partial charge in [-0.15, -0.1) is 24.0 Å². The molecule has 0 spiro atoms. The number of likely N-dealkylation sites (tertiary alicyclic amines) is 1. The first-order valence-electron chi connectivity index (χ1n) is 9.75. The molecule has 1 heterocycles. The van der Waals surface area contributed by atoms with Crippen LogP contribution in [0.2, 0.25) is 0 Å². The van der Waals surface area contributed by atoms with Crippen molar-refractivity contribution in [3.63, 3.8) is 0 Å². The lowest BCUT2D eigenvalue weighted by atomic mass is 10.0. The molecule has 1 aliphatic carbocycles. The zero-order chi connectivity index (χ0) is 18.5. The van der Waals surface area contributed by atoms with E-state index in [2.05, 4.69) is 34.0 Å². The lowest BCUT2D eigenvalue weighted by Gasteiger charge is -2.33. The Morgan fingerprint density at radius 2 is 1.96 bits per heavy atom. The van der Waals surface area contributed by atoms with Crippen molar-refractivity contribution in [3.05, 3.63) is 47.8 Å². The normalized spacial score (nSPS) is 23.4. The van der Waals surface area contributed by atoms with Gasteiger partial charge in [-0.1, -0.05) is 30.4 Å². The molecule has 4 nitrogen and oxygen atoms in total. The fourth-order valence-corrected chi connectivity index (χ4v) is 3.75. The third-order valence-electron chi connectivity index (χ3n) is 5.16. The van der Waals surface area contributed by atoms with Gasteiger partial charge in [0.25, 0.3) is 0 Å². The summed E-state index contributed by atoms with van der Waals surface area (Å²) in [6.45, 7) is 12.0. The minimum Gasteiger partial charge on any atom is -0.354 e. The van der Waals surface area contributed by atoms with Gasteiger partial charge < -0.3 is 10.6 Å². The summed E-state index contributed by atoms with van der Waals surface area (Å²) in [7, 11) is 0. The van der Waals surface area contributed by atoms with Gasteiger partial charge in [0.2, 0.25) is 0 Å².